The first-order chi connectivity index (χ1) is 12.4. The third-order valence-corrected chi connectivity index (χ3v) is 4.71. The lowest BCUT2D eigenvalue weighted by Crippen LogP contribution is -2.33. The van der Waals surface area contributed by atoms with Crippen LogP contribution in [0.3, 0.4) is 0 Å². The first-order valence-electron chi connectivity index (χ1n) is 8.66. The highest BCUT2D eigenvalue weighted by Gasteiger charge is 2.27. The van der Waals surface area contributed by atoms with Crippen LogP contribution >= 0.6 is 11.6 Å². The molecular formula is C19H22ClN3O3. The minimum atomic E-state index is -0.622. The molecule has 1 aliphatic heterocycles. The van der Waals surface area contributed by atoms with Crippen LogP contribution in [0.2, 0.25) is 5.15 Å². The van der Waals surface area contributed by atoms with Gasteiger partial charge in [-0.1, -0.05) is 43.6 Å². The van der Waals surface area contributed by atoms with Crippen molar-refractivity contribution in [2.75, 3.05) is 18.1 Å². The molecule has 0 atom stereocenters. The van der Waals surface area contributed by atoms with Crippen LogP contribution in [-0.4, -0.2) is 34.8 Å². The van der Waals surface area contributed by atoms with Crippen molar-refractivity contribution < 1.29 is 14.3 Å². The van der Waals surface area contributed by atoms with Gasteiger partial charge in [-0.25, -0.2) is 4.79 Å². The lowest BCUT2D eigenvalue weighted by molar-refractivity contribution is -0.121. The third-order valence-electron chi connectivity index (χ3n) is 4.32. The Kier molecular flexibility index (Phi) is 5.32. The second kappa shape index (κ2) is 7.50. The van der Waals surface area contributed by atoms with Crippen molar-refractivity contribution in [1.82, 2.24) is 9.78 Å². The second-order valence-electron chi connectivity index (χ2n) is 6.83. The Labute approximate surface area is 157 Å². The van der Waals surface area contributed by atoms with E-state index in [0.717, 1.165) is 17.7 Å². The number of nitrogens with zero attached hydrogens (tertiary/aromatic N) is 3. The Hall–Kier alpha value is -2.34. The number of carbonyl (C=O) groups is 2. The van der Waals surface area contributed by atoms with E-state index in [2.05, 4.69) is 5.10 Å². The van der Waals surface area contributed by atoms with E-state index < -0.39 is 5.97 Å². The summed E-state index contributed by atoms with van der Waals surface area (Å²) in [6.07, 6.45) is 0.808. The molecule has 1 aromatic carbocycles. The third kappa shape index (κ3) is 3.60. The van der Waals surface area contributed by atoms with Gasteiger partial charge in [-0.2, -0.15) is 5.10 Å². The van der Waals surface area contributed by atoms with Crippen molar-refractivity contribution in [2.24, 2.45) is 5.92 Å². The minimum Gasteiger partial charge on any atom is -0.452 e. The van der Waals surface area contributed by atoms with Crippen molar-refractivity contribution >= 4 is 29.2 Å². The van der Waals surface area contributed by atoms with Gasteiger partial charge in [0.25, 0.3) is 5.91 Å². The van der Waals surface area contributed by atoms with Crippen molar-refractivity contribution in [3.8, 4) is 0 Å². The summed E-state index contributed by atoms with van der Waals surface area (Å²) in [5.74, 6) is -0.525. The quantitative estimate of drug-likeness (QED) is 0.752. The van der Waals surface area contributed by atoms with Crippen LogP contribution in [-0.2, 0) is 22.5 Å². The molecule has 2 heterocycles. The summed E-state index contributed by atoms with van der Waals surface area (Å²) in [5.41, 5.74) is 2.73. The molecule has 7 heteroatoms. The number of rotatable bonds is 5. The van der Waals surface area contributed by atoms with Crippen molar-refractivity contribution in [2.45, 2.75) is 33.7 Å². The molecule has 0 fully saturated rings. The van der Waals surface area contributed by atoms with Crippen LogP contribution in [0, 0.1) is 12.8 Å². The number of esters is 1. The number of fused-ring (bicyclic) bond motifs is 1. The van der Waals surface area contributed by atoms with Gasteiger partial charge >= 0.3 is 5.97 Å². The Morgan fingerprint density at radius 3 is 2.77 bits per heavy atom. The number of aromatic nitrogens is 2. The number of amides is 1. The second-order valence-corrected chi connectivity index (χ2v) is 7.19. The molecule has 0 aliphatic carbocycles. The zero-order chi connectivity index (χ0) is 18.8. The van der Waals surface area contributed by atoms with Gasteiger partial charge in [-0.15, -0.1) is 0 Å². The molecule has 0 bridgehead atoms. The Balaban J connectivity index is 1.66. The van der Waals surface area contributed by atoms with E-state index in [-0.39, 0.29) is 23.2 Å². The van der Waals surface area contributed by atoms with E-state index in [0.29, 0.717) is 24.7 Å². The van der Waals surface area contributed by atoms with Crippen LogP contribution < -0.4 is 4.90 Å². The van der Waals surface area contributed by atoms with E-state index >= 15 is 0 Å². The summed E-state index contributed by atoms with van der Waals surface area (Å²) in [7, 11) is 0. The highest BCUT2D eigenvalue weighted by molar-refractivity contribution is 6.32. The van der Waals surface area contributed by atoms with Crippen molar-refractivity contribution in [1.29, 1.82) is 0 Å². The molecule has 0 N–H and O–H groups in total. The van der Waals surface area contributed by atoms with E-state index in [4.69, 9.17) is 16.3 Å². The number of hydrogen-bond acceptors (Lipinski definition) is 4. The minimum absolute atomic E-state index is 0.224. The molecule has 0 spiro atoms. The van der Waals surface area contributed by atoms with Crippen LogP contribution in [0.15, 0.2) is 24.3 Å². The molecule has 0 saturated heterocycles. The number of aryl methyl sites for hydroxylation is 1. The number of ether oxygens (including phenoxy) is 1. The van der Waals surface area contributed by atoms with Gasteiger partial charge in [-0.3, -0.25) is 9.48 Å². The Bertz CT molecular complexity index is 845. The number of benzene rings is 1. The predicted octanol–water partition coefficient (Wildman–Crippen LogP) is 3.25. The fourth-order valence-corrected chi connectivity index (χ4v) is 3.45. The van der Waals surface area contributed by atoms with Crippen LogP contribution in [0.25, 0.3) is 0 Å². The Morgan fingerprint density at radius 1 is 1.31 bits per heavy atom. The summed E-state index contributed by atoms with van der Waals surface area (Å²) < 4.78 is 6.82. The van der Waals surface area contributed by atoms with Gasteiger partial charge in [0.05, 0.1) is 5.69 Å². The SMILES string of the molecule is Cc1nn(CC(C)C)c(Cl)c1C(=O)OCC(=O)N1CCc2ccccc21. The number of carbonyl (C=O) groups excluding carboxylic acids is 2. The van der Waals surface area contributed by atoms with Crippen molar-refractivity contribution in [3.05, 3.63) is 46.2 Å². The average Bonchev–Trinajstić information content (AvgIpc) is 3.13. The van der Waals surface area contributed by atoms with Gasteiger partial charge in [-0.05, 0) is 30.9 Å². The summed E-state index contributed by atoms with van der Waals surface area (Å²) in [6, 6.07) is 7.75. The molecule has 138 valence electrons. The van der Waals surface area contributed by atoms with Gasteiger partial charge in [0.15, 0.2) is 6.61 Å². The van der Waals surface area contributed by atoms with Gasteiger partial charge in [0.1, 0.15) is 10.7 Å². The topological polar surface area (TPSA) is 64.4 Å². The Morgan fingerprint density at radius 2 is 2.04 bits per heavy atom. The number of para-hydroxylation sites is 1. The normalized spacial score (nSPS) is 13.2. The monoisotopic (exact) mass is 375 g/mol. The number of halogens is 1. The first-order valence-corrected chi connectivity index (χ1v) is 9.04. The van der Waals surface area contributed by atoms with Crippen LogP contribution in [0.4, 0.5) is 5.69 Å². The lowest BCUT2D eigenvalue weighted by atomic mass is 10.2. The summed E-state index contributed by atoms with van der Waals surface area (Å²) in [4.78, 5) is 26.5. The molecule has 0 unspecified atom stereocenters. The fraction of sp³-hybridized carbons (Fsp3) is 0.421. The molecule has 3 rings (SSSR count). The van der Waals surface area contributed by atoms with Crippen LogP contribution in [0.1, 0.15) is 35.5 Å². The molecule has 26 heavy (non-hydrogen) atoms. The largest absolute Gasteiger partial charge is 0.452 e. The smallest absolute Gasteiger partial charge is 0.343 e. The maximum Gasteiger partial charge on any atom is 0.343 e. The standard InChI is InChI=1S/C19H22ClN3O3/c1-12(2)10-23-18(20)17(13(3)21-23)19(25)26-11-16(24)22-9-8-14-6-4-5-7-15(14)22/h4-7,12H,8-11H2,1-3H3. The van der Waals surface area contributed by atoms with E-state index in [1.54, 1.807) is 16.5 Å². The van der Waals surface area contributed by atoms with E-state index in [9.17, 15) is 9.59 Å². The van der Waals surface area contributed by atoms with Gasteiger partial charge < -0.3 is 9.64 Å². The average molecular weight is 376 g/mol. The molecular weight excluding hydrogens is 354 g/mol. The van der Waals surface area contributed by atoms with E-state index in [1.165, 1.54) is 0 Å². The number of anilines is 1. The maximum absolute atomic E-state index is 12.5. The van der Waals surface area contributed by atoms with Gasteiger partial charge in [0.2, 0.25) is 0 Å². The summed E-state index contributed by atoms with van der Waals surface area (Å²) in [6.45, 7) is 6.67. The van der Waals surface area contributed by atoms with Crippen LogP contribution in [0.5, 0.6) is 0 Å². The molecule has 6 nitrogen and oxygen atoms in total. The highest BCUT2D eigenvalue weighted by atomic mass is 35.5. The molecule has 1 aliphatic rings. The van der Waals surface area contributed by atoms with Crippen molar-refractivity contribution in [3.63, 3.8) is 0 Å². The highest BCUT2D eigenvalue weighted by Crippen LogP contribution is 2.27. The first kappa shape index (κ1) is 18.5. The zero-order valence-corrected chi connectivity index (χ0v) is 15.9. The molecule has 0 saturated carbocycles. The molecule has 2 aromatic rings. The van der Waals surface area contributed by atoms with E-state index in [1.807, 2.05) is 38.1 Å². The zero-order valence-electron chi connectivity index (χ0n) is 15.2. The van der Waals surface area contributed by atoms with Gasteiger partial charge in [0, 0.05) is 18.8 Å². The molecule has 1 amide bonds. The maximum atomic E-state index is 12.5. The summed E-state index contributed by atoms with van der Waals surface area (Å²) >= 11 is 6.28. The molecule has 1 aromatic heterocycles. The lowest BCUT2D eigenvalue weighted by Gasteiger charge is -2.17. The molecule has 0 radical (unpaired) electrons. The fourth-order valence-electron chi connectivity index (χ4n) is 3.13. The predicted molar refractivity (Wildman–Crippen MR) is 99.6 cm³/mol. The number of hydrogen-bond donors (Lipinski definition) is 0. The summed E-state index contributed by atoms with van der Waals surface area (Å²) in [5, 5.41) is 4.54.